The lowest BCUT2D eigenvalue weighted by Gasteiger charge is -2.27. The lowest BCUT2D eigenvalue weighted by molar-refractivity contribution is -0.114. The third-order valence-electron chi connectivity index (χ3n) is 5.24. The number of pyridine rings is 1. The van der Waals surface area contributed by atoms with Gasteiger partial charge >= 0.3 is 0 Å². The Morgan fingerprint density at radius 1 is 1.17 bits per heavy atom. The molecule has 3 heterocycles. The highest BCUT2D eigenvalue weighted by Crippen LogP contribution is 2.41. The quantitative estimate of drug-likeness (QED) is 0.592. The molecule has 2 atom stereocenters. The molecule has 1 aromatic carbocycles. The molecular formula is C23H25N5OS. The predicted octanol–water partition coefficient (Wildman–Crippen LogP) is 4.60. The number of carbonyl (C=O) groups is 1. The molecule has 6 nitrogen and oxygen atoms in total. The van der Waals surface area contributed by atoms with E-state index in [0.29, 0.717) is 11.2 Å². The van der Waals surface area contributed by atoms with E-state index in [2.05, 4.69) is 57.4 Å². The second-order valence-electron chi connectivity index (χ2n) is 7.71. The molecule has 1 aliphatic rings. The van der Waals surface area contributed by atoms with Gasteiger partial charge in [-0.25, -0.2) is 0 Å². The van der Waals surface area contributed by atoms with E-state index in [1.54, 1.807) is 6.20 Å². The first-order valence-corrected chi connectivity index (χ1v) is 10.4. The molecule has 30 heavy (non-hydrogen) atoms. The van der Waals surface area contributed by atoms with Crippen LogP contribution in [0.4, 0.5) is 11.4 Å². The van der Waals surface area contributed by atoms with Gasteiger partial charge in [-0.1, -0.05) is 6.07 Å². The first-order valence-electron chi connectivity index (χ1n) is 9.99. The second-order valence-corrected chi connectivity index (χ2v) is 8.10. The van der Waals surface area contributed by atoms with Crippen molar-refractivity contribution in [1.29, 1.82) is 0 Å². The maximum atomic E-state index is 11.3. The SMILES string of the molecule is CC(=O)Nc1ccc(N2C(=S)N[C@@H](c3ccccn3)[C@@H]2c2ccn(C(C)C)c2)cc1. The third kappa shape index (κ3) is 3.93. The molecule has 1 aliphatic heterocycles. The van der Waals surface area contributed by atoms with Crippen LogP contribution in [-0.4, -0.2) is 20.6 Å². The van der Waals surface area contributed by atoms with Crippen LogP contribution < -0.4 is 15.5 Å². The van der Waals surface area contributed by atoms with E-state index in [9.17, 15) is 4.79 Å². The van der Waals surface area contributed by atoms with Crippen molar-refractivity contribution < 1.29 is 4.79 Å². The van der Waals surface area contributed by atoms with E-state index in [4.69, 9.17) is 12.2 Å². The van der Waals surface area contributed by atoms with E-state index < -0.39 is 0 Å². The molecule has 1 amide bonds. The number of benzene rings is 1. The molecule has 2 aromatic heterocycles. The van der Waals surface area contributed by atoms with Crippen LogP contribution >= 0.6 is 12.2 Å². The van der Waals surface area contributed by atoms with Crippen LogP contribution in [0.3, 0.4) is 0 Å². The van der Waals surface area contributed by atoms with Crippen LogP contribution in [0.15, 0.2) is 67.1 Å². The number of hydrogen-bond acceptors (Lipinski definition) is 3. The molecule has 3 aromatic rings. The summed E-state index contributed by atoms with van der Waals surface area (Å²) in [6, 6.07) is 16.1. The molecule has 7 heteroatoms. The minimum absolute atomic E-state index is 0.0426. The van der Waals surface area contributed by atoms with E-state index >= 15 is 0 Å². The molecule has 0 aliphatic carbocycles. The average Bonchev–Trinajstić information content (AvgIpc) is 3.34. The normalized spacial score (nSPS) is 18.5. The summed E-state index contributed by atoms with van der Waals surface area (Å²) in [7, 11) is 0. The largest absolute Gasteiger partial charge is 0.351 e. The van der Waals surface area contributed by atoms with Crippen molar-refractivity contribution in [3.8, 4) is 0 Å². The van der Waals surface area contributed by atoms with Gasteiger partial charge in [0, 0.05) is 42.9 Å². The van der Waals surface area contributed by atoms with Crippen LogP contribution in [0.5, 0.6) is 0 Å². The number of aromatic nitrogens is 2. The number of anilines is 2. The van der Waals surface area contributed by atoms with Gasteiger partial charge in [0.25, 0.3) is 0 Å². The Labute approximate surface area is 181 Å². The molecular weight excluding hydrogens is 394 g/mol. The number of thiocarbonyl (C=S) groups is 1. The fraction of sp³-hybridized carbons (Fsp3) is 0.261. The summed E-state index contributed by atoms with van der Waals surface area (Å²) in [6.45, 7) is 5.83. The van der Waals surface area contributed by atoms with Crippen molar-refractivity contribution in [1.82, 2.24) is 14.9 Å². The summed E-state index contributed by atoms with van der Waals surface area (Å²) in [6.07, 6.45) is 6.09. The second kappa shape index (κ2) is 8.28. The Hall–Kier alpha value is -3.19. The fourth-order valence-electron chi connectivity index (χ4n) is 3.81. The zero-order chi connectivity index (χ0) is 21.3. The van der Waals surface area contributed by atoms with Crippen LogP contribution in [-0.2, 0) is 4.79 Å². The maximum absolute atomic E-state index is 11.3. The Bertz CT molecular complexity index is 1040. The van der Waals surface area contributed by atoms with Crippen LogP contribution in [0.25, 0.3) is 0 Å². The summed E-state index contributed by atoms with van der Waals surface area (Å²) in [5, 5.41) is 6.93. The zero-order valence-corrected chi connectivity index (χ0v) is 18.1. The van der Waals surface area contributed by atoms with E-state index in [0.717, 1.165) is 22.6 Å². The Morgan fingerprint density at radius 2 is 1.93 bits per heavy atom. The number of carbonyl (C=O) groups excluding carboxylic acids is 1. The maximum Gasteiger partial charge on any atom is 0.221 e. The Kier molecular flexibility index (Phi) is 5.55. The number of hydrogen-bond donors (Lipinski definition) is 2. The third-order valence-corrected chi connectivity index (χ3v) is 5.55. The highest BCUT2D eigenvalue weighted by molar-refractivity contribution is 7.80. The summed E-state index contributed by atoms with van der Waals surface area (Å²) >= 11 is 5.75. The van der Waals surface area contributed by atoms with E-state index in [1.165, 1.54) is 6.92 Å². The first kappa shape index (κ1) is 20.1. The molecule has 2 N–H and O–H groups in total. The van der Waals surface area contributed by atoms with Crippen LogP contribution in [0.1, 0.15) is 50.2 Å². The number of rotatable bonds is 5. The molecule has 0 saturated carbocycles. The lowest BCUT2D eigenvalue weighted by Crippen LogP contribution is -2.29. The molecule has 4 rings (SSSR count). The van der Waals surface area contributed by atoms with Gasteiger partial charge in [-0.15, -0.1) is 0 Å². The lowest BCUT2D eigenvalue weighted by atomic mass is 9.98. The molecule has 0 spiro atoms. The molecule has 0 bridgehead atoms. The molecule has 154 valence electrons. The first-order chi connectivity index (χ1) is 14.4. The number of nitrogens with zero attached hydrogens (tertiary/aromatic N) is 3. The minimum Gasteiger partial charge on any atom is -0.351 e. The van der Waals surface area contributed by atoms with Gasteiger partial charge in [-0.3, -0.25) is 9.78 Å². The molecule has 0 radical (unpaired) electrons. The van der Waals surface area contributed by atoms with Crippen molar-refractivity contribution in [3.05, 3.63) is 78.4 Å². The molecule has 0 unspecified atom stereocenters. The van der Waals surface area contributed by atoms with Gasteiger partial charge in [0.05, 0.1) is 17.8 Å². The number of amides is 1. The summed E-state index contributed by atoms with van der Waals surface area (Å²) in [5.74, 6) is -0.0933. The highest BCUT2D eigenvalue weighted by Gasteiger charge is 2.41. The van der Waals surface area contributed by atoms with Gasteiger partial charge in [-0.2, -0.15) is 0 Å². The van der Waals surface area contributed by atoms with Gasteiger partial charge < -0.3 is 20.1 Å². The Balaban J connectivity index is 1.75. The van der Waals surface area contributed by atoms with E-state index in [-0.39, 0.29) is 18.0 Å². The summed E-state index contributed by atoms with van der Waals surface area (Å²) in [4.78, 5) is 18.1. The van der Waals surface area contributed by atoms with Crippen LogP contribution in [0, 0.1) is 0 Å². The van der Waals surface area contributed by atoms with Gasteiger partial charge in [0.2, 0.25) is 5.91 Å². The van der Waals surface area contributed by atoms with Crippen molar-refractivity contribution >= 4 is 34.6 Å². The highest BCUT2D eigenvalue weighted by atomic mass is 32.1. The standard InChI is InChI=1S/C23H25N5OS/c1-15(2)27-13-11-17(14-27)22-21(20-6-4-5-12-24-20)26-23(30)28(22)19-9-7-18(8-10-19)25-16(3)29/h4-15,21-22H,1-3H3,(H,25,29)(H,26,30)/t21-,22-/m0/s1. The number of nitrogens with one attached hydrogen (secondary N) is 2. The summed E-state index contributed by atoms with van der Waals surface area (Å²) in [5.41, 5.74) is 3.83. The van der Waals surface area contributed by atoms with Gasteiger partial charge in [-0.05, 0) is 74.1 Å². The Morgan fingerprint density at radius 3 is 2.53 bits per heavy atom. The van der Waals surface area contributed by atoms with Gasteiger partial charge in [0.15, 0.2) is 5.11 Å². The molecule has 1 fully saturated rings. The smallest absolute Gasteiger partial charge is 0.221 e. The zero-order valence-electron chi connectivity index (χ0n) is 17.2. The monoisotopic (exact) mass is 419 g/mol. The fourth-order valence-corrected chi connectivity index (χ4v) is 4.15. The van der Waals surface area contributed by atoms with Crippen molar-refractivity contribution in [3.63, 3.8) is 0 Å². The van der Waals surface area contributed by atoms with Gasteiger partial charge in [0.1, 0.15) is 0 Å². The van der Waals surface area contributed by atoms with Crippen LogP contribution in [0.2, 0.25) is 0 Å². The van der Waals surface area contributed by atoms with Crippen molar-refractivity contribution in [2.45, 2.75) is 38.9 Å². The van der Waals surface area contributed by atoms with E-state index in [1.807, 2.05) is 42.5 Å². The summed E-state index contributed by atoms with van der Waals surface area (Å²) < 4.78 is 2.20. The van der Waals surface area contributed by atoms with Crippen molar-refractivity contribution in [2.75, 3.05) is 10.2 Å². The predicted molar refractivity (Wildman–Crippen MR) is 123 cm³/mol. The minimum atomic E-state index is -0.0933. The average molecular weight is 420 g/mol. The van der Waals surface area contributed by atoms with Crippen molar-refractivity contribution in [2.24, 2.45) is 0 Å². The molecule has 1 saturated heterocycles. The topological polar surface area (TPSA) is 62.2 Å².